The first-order chi connectivity index (χ1) is 8.93. The van der Waals surface area contributed by atoms with Crippen LogP contribution in [-0.2, 0) is 12.8 Å². The van der Waals surface area contributed by atoms with E-state index in [-0.39, 0.29) is 12.4 Å². The lowest BCUT2D eigenvalue weighted by Crippen LogP contribution is -2.03. The first-order valence-electron chi connectivity index (χ1n) is 6.47. The molecule has 3 aromatic rings. The molecule has 0 unspecified atom stereocenters. The number of hydrogen-bond acceptors (Lipinski definition) is 2. The van der Waals surface area contributed by atoms with Crippen molar-refractivity contribution in [3.63, 3.8) is 0 Å². The zero-order valence-corrected chi connectivity index (χ0v) is 12.1. The van der Waals surface area contributed by atoms with Crippen molar-refractivity contribution in [2.45, 2.75) is 25.7 Å². The first kappa shape index (κ1) is 12.7. The van der Waals surface area contributed by atoms with E-state index in [2.05, 4.69) is 39.7 Å². The molecule has 19 heavy (non-hydrogen) atoms. The van der Waals surface area contributed by atoms with Gasteiger partial charge in [0.2, 0.25) is 0 Å². The van der Waals surface area contributed by atoms with E-state index in [1.54, 1.807) is 4.88 Å². The number of halogens is 1. The van der Waals surface area contributed by atoms with Crippen molar-refractivity contribution in [1.82, 2.24) is 9.38 Å². The molecule has 4 rings (SSSR count). The molecule has 0 N–H and O–H groups in total. The summed E-state index contributed by atoms with van der Waals surface area (Å²) < 4.78 is 2.37. The topological polar surface area (TPSA) is 17.3 Å². The summed E-state index contributed by atoms with van der Waals surface area (Å²) in [7, 11) is 0. The molecule has 2 aromatic heterocycles. The van der Waals surface area contributed by atoms with Crippen LogP contribution in [0.15, 0.2) is 36.5 Å². The number of hydrogen-bond donors (Lipinski definition) is 0. The Morgan fingerprint density at radius 1 is 1.05 bits per heavy atom. The highest BCUT2D eigenvalue weighted by atomic mass is 35.5. The number of aromatic nitrogens is 2. The Kier molecular flexibility index (Phi) is 3.33. The summed E-state index contributed by atoms with van der Waals surface area (Å²) in [5, 5.41) is 0. The lowest BCUT2D eigenvalue weighted by atomic mass is 10.0. The summed E-state index contributed by atoms with van der Waals surface area (Å²) >= 11 is 1.87. The molecule has 0 radical (unpaired) electrons. The van der Waals surface area contributed by atoms with Crippen LogP contribution in [0.1, 0.15) is 23.4 Å². The van der Waals surface area contributed by atoms with Gasteiger partial charge in [0.15, 0.2) is 4.96 Å². The van der Waals surface area contributed by atoms with Crippen molar-refractivity contribution in [2.75, 3.05) is 0 Å². The van der Waals surface area contributed by atoms with Crippen LogP contribution in [0.3, 0.4) is 0 Å². The standard InChI is InChI=1S/C15H14N2S.ClH/c1-2-6-11(7-3-1)13-10-16-15-17(13)12-8-4-5-9-14(12)18-15;/h1-3,6-7,10H,4-5,8-9H2;1H. The molecule has 1 aliphatic carbocycles. The lowest BCUT2D eigenvalue weighted by Gasteiger charge is -2.11. The van der Waals surface area contributed by atoms with Gasteiger partial charge in [-0.2, -0.15) is 0 Å². The van der Waals surface area contributed by atoms with Gasteiger partial charge in [-0.1, -0.05) is 30.3 Å². The van der Waals surface area contributed by atoms with Gasteiger partial charge in [-0.15, -0.1) is 23.7 Å². The second kappa shape index (κ2) is 4.99. The highest BCUT2D eigenvalue weighted by molar-refractivity contribution is 7.17. The maximum absolute atomic E-state index is 4.58. The van der Waals surface area contributed by atoms with Gasteiger partial charge in [-0.3, -0.25) is 4.40 Å². The minimum Gasteiger partial charge on any atom is -0.287 e. The third-order valence-electron chi connectivity index (χ3n) is 3.67. The van der Waals surface area contributed by atoms with Crippen LogP contribution in [0.5, 0.6) is 0 Å². The minimum atomic E-state index is 0. The maximum atomic E-state index is 4.58. The van der Waals surface area contributed by atoms with Crippen LogP contribution >= 0.6 is 23.7 Å². The number of rotatable bonds is 1. The molecule has 2 nitrogen and oxygen atoms in total. The van der Waals surface area contributed by atoms with Gasteiger partial charge in [0, 0.05) is 16.1 Å². The number of benzene rings is 1. The van der Waals surface area contributed by atoms with Crippen LogP contribution < -0.4 is 0 Å². The van der Waals surface area contributed by atoms with E-state index in [1.165, 1.54) is 42.6 Å². The predicted molar refractivity (Wildman–Crippen MR) is 82.4 cm³/mol. The molecule has 4 heteroatoms. The average Bonchev–Trinajstić information content (AvgIpc) is 2.98. The summed E-state index contributed by atoms with van der Waals surface area (Å²) in [5.41, 5.74) is 4.00. The number of aryl methyl sites for hydroxylation is 2. The van der Waals surface area contributed by atoms with Gasteiger partial charge in [0.05, 0.1) is 11.9 Å². The van der Waals surface area contributed by atoms with E-state index < -0.39 is 0 Å². The molecule has 0 amide bonds. The smallest absolute Gasteiger partial charge is 0.194 e. The lowest BCUT2D eigenvalue weighted by molar-refractivity contribution is 0.675. The fraction of sp³-hybridized carbons (Fsp3) is 0.267. The molecule has 98 valence electrons. The fourth-order valence-electron chi connectivity index (χ4n) is 2.80. The highest BCUT2D eigenvalue weighted by Gasteiger charge is 2.19. The second-order valence-electron chi connectivity index (χ2n) is 4.81. The molecule has 0 spiro atoms. The van der Waals surface area contributed by atoms with E-state index in [0.717, 1.165) is 4.96 Å². The third kappa shape index (κ3) is 1.97. The van der Waals surface area contributed by atoms with Crippen molar-refractivity contribution in [3.8, 4) is 11.3 Å². The number of fused-ring (bicyclic) bond motifs is 3. The van der Waals surface area contributed by atoms with Crippen molar-refractivity contribution in [2.24, 2.45) is 0 Å². The Labute approximate surface area is 122 Å². The molecular formula is C15H15ClN2S. The quantitative estimate of drug-likeness (QED) is 0.651. The fourth-order valence-corrected chi connectivity index (χ4v) is 3.98. The SMILES string of the molecule is Cl.c1ccc(-c2cnc3sc4c(n23)CCCC4)cc1. The Hall–Kier alpha value is -1.32. The minimum absolute atomic E-state index is 0. The van der Waals surface area contributed by atoms with Gasteiger partial charge >= 0.3 is 0 Å². The van der Waals surface area contributed by atoms with Crippen LogP contribution in [0.2, 0.25) is 0 Å². The average molecular weight is 291 g/mol. The Morgan fingerprint density at radius 2 is 1.84 bits per heavy atom. The summed E-state index contributed by atoms with van der Waals surface area (Å²) in [6.45, 7) is 0. The summed E-state index contributed by atoms with van der Waals surface area (Å²) in [6, 6.07) is 10.6. The Morgan fingerprint density at radius 3 is 2.68 bits per heavy atom. The Balaban J connectivity index is 0.00000110. The van der Waals surface area contributed by atoms with Crippen LogP contribution in [-0.4, -0.2) is 9.38 Å². The molecular weight excluding hydrogens is 276 g/mol. The number of nitrogens with zero attached hydrogens (tertiary/aromatic N) is 2. The molecule has 1 aromatic carbocycles. The van der Waals surface area contributed by atoms with E-state index >= 15 is 0 Å². The molecule has 0 bridgehead atoms. The van der Waals surface area contributed by atoms with Crippen LogP contribution in [0, 0.1) is 0 Å². The van der Waals surface area contributed by atoms with Crippen LogP contribution in [0.25, 0.3) is 16.2 Å². The van der Waals surface area contributed by atoms with Crippen molar-refractivity contribution >= 4 is 28.7 Å². The van der Waals surface area contributed by atoms with Gasteiger partial charge in [-0.25, -0.2) is 4.98 Å². The zero-order chi connectivity index (χ0) is 11.9. The second-order valence-corrected chi connectivity index (χ2v) is 5.87. The normalized spacial score (nSPS) is 14.1. The van der Waals surface area contributed by atoms with E-state index in [1.807, 2.05) is 17.5 Å². The van der Waals surface area contributed by atoms with Crippen LogP contribution in [0.4, 0.5) is 0 Å². The molecule has 0 saturated heterocycles. The van der Waals surface area contributed by atoms with Gasteiger partial charge in [-0.05, 0) is 25.7 Å². The largest absolute Gasteiger partial charge is 0.287 e. The number of thiazole rings is 1. The van der Waals surface area contributed by atoms with Crippen molar-refractivity contribution in [1.29, 1.82) is 0 Å². The molecule has 0 aliphatic heterocycles. The van der Waals surface area contributed by atoms with E-state index in [9.17, 15) is 0 Å². The van der Waals surface area contributed by atoms with Gasteiger partial charge in [0.25, 0.3) is 0 Å². The van der Waals surface area contributed by atoms with E-state index in [0.29, 0.717) is 0 Å². The first-order valence-corrected chi connectivity index (χ1v) is 7.28. The summed E-state index contributed by atoms with van der Waals surface area (Å²) in [6.07, 6.45) is 7.09. The monoisotopic (exact) mass is 290 g/mol. The highest BCUT2D eigenvalue weighted by Crippen LogP contribution is 2.33. The maximum Gasteiger partial charge on any atom is 0.194 e. The molecule has 1 aliphatic rings. The zero-order valence-electron chi connectivity index (χ0n) is 10.5. The van der Waals surface area contributed by atoms with Crippen molar-refractivity contribution in [3.05, 3.63) is 47.1 Å². The molecule has 2 heterocycles. The Bertz CT molecular complexity index is 700. The van der Waals surface area contributed by atoms with Crippen molar-refractivity contribution < 1.29 is 0 Å². The third-order valence-corrected chi connectivity index (χ3v) is 4.83. The molecule has 0 fully saturated rings. The molecule has 0 saturated carbocycles. The predicted octanol–water partition coefficient (Wildman–Crippen LogP) is 4.36. The number of imidazole rings is 1. The van der Waals surface area contributed by atoms with E-state index in [4.69, 9.17) is 0 Å². The summed E-state index contributed by atoms with van der Waals surface area (Å²) in [4.78, 5) is 7.28. The summed E-state index contributed by atoms with van der Waals surface area (Å²) in [5.74, 6) is 0. The molecule has 0 atom stereocenters. The van der Waals surface area contributed by atoms with Gasteiger partial charge in [0.1, 0.15) is 0 Å². The van der Waals surface area contributed by atoms with Gasteiger partial charge < -0.3 is 0 Å².